The molecule has 1 saturated heterocycles. The van der Waals surface area contributed by atoms with Crippen molar-refractivity contribution >= 4 is 34.1 Å². The van der Waals surface area contributed by atoms with E-state index >= 15 is 0 Å². The van der Waals surface area contributed by atoms with Crippen LogP contribution in [0.3, 0.4) is 0 Å². The van der Waals surface area contributed by atoms with Crippen LogP contribution in [0.25, 0.3) is 16.2 Å². The highest BCUT2D eigenvalue weighted by atomic mass is 32.1. The first kappa shape index (κ1) is 20.4. The van der Waals surface area contributed by atoms with Gasteiger partial charge in [-0.2, -0.15) is 4.98 Å². The van der Waals surface area contributed by atoms with Crippen LogP contribution in [-0.2, 0) is 9.59 Å². The number of hydrogen-bond donors (Lipinski definition) is 1. The molecule has 2 unspecified atom stereocenters. The second kappa shape index (κ2) is 8.20. The van der Waals surface area contributed by atoms with Crippen LogP contribution in [0.4, 0.5) is 5.95 Å². The highest BCUT2D eigenvalue weighted by Gasteiger charge is 2.37. The molecule has 1 aliphatic rings. The first-order chi connectivity index (χ1) is 15.5. The van der Waals surface area contributed by atoms with E-state index in [4.69, 9.17) is 0 Å². The van der Waals surface area contributed by atoms with Crippen LogP contribution >= 0.6 is 11.3 Å². The summed E-state index contributed by atoms with van der Waals surface area (Å²) in [5.41, 5.74) is 4.21. The number of fused-ring (bicyclic) bond motifs is 1. The number of likely N-dealkylation sites (tertiary alicyclic amines) is 1. The van der Waals surface area contributed by atoms with E-state index in [1.165, 1.54) is 16.9 Å². The van der Waals surface area contributed by atoms with Crippen molar-refractivity contribution in [3.8, 4) is 11.3 Å². The predicted molar refractivity (Wildman–Crippen MR) is 124 cm³/mol. The van der Waals surface area contributed by atoms with Gasteiger partial charge in [-0.15, -0.1) is 16.4 Å². The molecule has 8 heteroatoms. The third-order valence-electron chi connectivity index (χ3n) is 5.94. The minimum absolute atomic E-state index is 0.0121. The van der Waals surface area contributed by atoms with E-state index in [9.17, 15) is 9.59 Å². The van der Waals surface area contributed by atoms with Crippen LogP contribution in [-0.4, -0.2) is 37.9 Å². The SMILES string of the molecule is Cc1ccc(-c2csc3nc(NC(=O)C4CC(=O)N(C(C)c5ccccc5)C4)nn23)cc1. The lowest BCUT2D eigenvalue weighted by atomic mass is 10.1. The summed E-state index contributed by atoms with van der Waals surface area (Å²) in [5, 5.41) is 9.31. The Morgan fingerprint density at radius 3 is 2.66 bits per heavy atom. The fraction of sp³-hybridized carbons (Fsp3) is 0.250. The number of aryl methyl sites for hydroxylation is 1. The third kappa shape index (κ3) is 3.78. The maximum absolute atomic E-state index is 12.9. The fourth-order valence-electron chi connectivity index (χ4n) is 4.06. The van der Waals surface area contributed by atoms with Crippen molar-refractivity contribution in [3.05, 3.63) is 71.1 Å². The van der Waals surface area contributed by atoms with Crippen LogP contribution in [0.5, 0.6) is 0 Å². The maximum atomic E-state index is 12.9. The van der Waals surface area contributed by atoms with Gasteiger partial charge in [0.1, 0.15) is 0 Å². The number of carbonyl (C=O) groups is 2. The molecule has 2 aromatic heterocycles. The lowest BCUT2D eigenvalue weighted by molar-refractivity contribution is -0.129. The number of thiazole rings is 1. The second-order valence-electron chi connectivity index (χ2n) is 8.14. The molecule has 1 fully saturated rings. The van der Waals surface area contributed by atoms with Crippen molar-refractivity contribution in [1.82, 2.24) is 19.5 Å². The quantitative estimate of drug-likeness (QED) is 0.496. The molecule has 2 amide bonds. The Morgan fingerprint density at radius 1 is 1.16 bits per heavy atom. The van der Waals surface area contributed by atoms with Gasteiger partial charge in [0, 0.05) is 23.9 Å². The van der Waals surface area contributed by atoms with Crippen LogP contribution in [0, 0.1) is 12.8 Å². The maximum Gasteiger partial charge on any atom is 0.250 e. The molecule has 0 spiro atoms. The summed E-state index contributed by atoms with van der Waals surface area (Å²) in [6.45, 7) is 4.42. The summed E-state index contributed by atoms with van der Waals surface area (Å²) in [4.78, 5) is 32.4. The number of nitrogens with zero attached hydrogens (tertiary/aromatic N) is 4. The van der Waals surface area contributed by atoms with E-state index in [-0.39, 0.29) is 30.2 Å². The first-order valence-corrected chi connectivity index (χ1v) is 11.4. The Labute approximate surface area is 189 Å². The normalized spacial score (nSPS) is 17.1. The van der Waals surface area contributed by atoms with Gasteiger partial charge in [-0.3, -0.25) is 14.9 Å². The fourth-order valence-corrected chi connectivity index (χ4v) is 4.89. The van der Waals surface area contributed by atoms with Gasteiger partial charge in [0.2, 0.25) is 22.7 Å². The van der Waals surface area contributed by atoms with E-state index in [0.717, 1.165) is 16.8 Å². The highest BCUT2D eigenvalue weighted by molar-refractivity contribution is 7.15. The standard InChI is InChI=1S/C24H23N5O2S/c1-15-8-10-18(11-9-15)20-14-32-24-26-23(27-29(20)24)25-22(31)19-12-21(30)28(13-19)16(2)17-6-4-3-5-7-17/h3-11,14,16,19H,12-13H2,1-2H3,(H,25,27,31). The van der Waals surface area contributed by atoms with Gasteiger partial charge in [0.15, 0.2) is 0 Å². The van der Waals surface area contributed by atoms with Crippen LogP contribution < -0.4 is 5.32 Å². The number of nitrogens with one attached hydrogen (secondary N) is 1. The number of rotatable bonds is 5. The average molecular weight is 446 g/mol. The number of amides is 2. The molecule has 2 atom stereocenters. The van der Waals surface area contributed by atoms with Gasteiger partial charge in [0.25, 0.3) is 0 Å². The summed E-state index contributed by atoms with van der Waals surface area (Å²) >= 11 is 1.47. The van der Waals surface area contributed by atoms with E-state index in [0.29, 0.717) is 11.5 Å². The molecule has 5 rings (SSSR count). The molecule has 0 aliphatic carbocycles. The van der Waals surface area contributed by atoms with Crippen LogP contribution in [0.15, 0.2) is 60.0 Å². The zero-order chi connectivity index (χ0) is 22.2. The molecule has 0 bridgehead atoms. The van der Waals surface area contributed by atoms with Crippen LogP contribution in [0.1, 0.15) is 30.5 Å². The summed E-state index contributed by atoms with van der Waals surface area (Å²) in [7, 11) is 0. The smallest absolute Gasteiger partial charge is 0.250 e. The zero-order valence-corrected chi connectivity index (χ0v) is 18.7. The largest absolute Gasteiger partial charge is 0.335 e. The number of hydrogen-bond acceptors (Lipinski definition) is 5. The first-order valence-electron chi connectivity index (χ1n) is 10.6. The van der Waals surface area contributed by atoms with Crippen LogP contribution in [0.2, 0.25) is 0 Å². The third-order valence-corrected chi connectivity index (χ3v) is 6.76. The van der Waals surface area contributed by atoms with Gasteiger partial charge in [-0.25, -0.2) is 4.52 Å². The number of carbonyl (C=O) groups excluding carboxylic acids is 2. The van der Waals surface area contributed by atoms with Gasteiger partial charge in [0.05, 0.1) is 17.7 Å². The van der Waals surface area contributed by atoms with E-state index in [1.54, 1.807) is 9.42 Å². The molecule has 2 aromatic carbocycles. The van der Waals surface area contributed by atoms with Gasteiger partial charge in [-0.1, -0.05) is 60.2 Å². The topological polar surface area (TPSA) is 79.6 Å². The summed E-state index contributed by atoms with van der Waals surface area (Å²) in [6.07, 6.45) is 0.194. The Bertz CT molecular complexity index is 1280. The van der Waals surface area contributed by atoms with Crippen molar-refractivity contribution in [3.63, 3.8) is 0 Å². The predicted octanol–water partition coefficient (Wildman–Crippen LogP) is 4.31. The average Bonchev–Trinajstić information content (AvgIpc) is 3.49. The van der Waals surface area contributed by atoms with E-state index in [2.05, 4.69) is 27.5 Å². The van der Waals surface area contributed by atoms with Crippen molar-refractivity contribution < 1.29 is 9.59 Å². The van der Waals surface area contributed by atoms with Crippen molar-refractivity contribution in [2.45, 2.75) is 26.3 Å². The molecule has 0 radical (unpaired) electrons. The molecule has 32 heavy (non-hydrogen) atoms. The Balaban J connectivity index is 1.30. The molecular weight excluding hydrogens is 422 g/mol. The molecule has 4 aromatic rings. The Morgan fingerprint density at radius 2 is 1.91 bits per heavy atom. The molecule has 0 saturated carbocycles. The van der Waals surface area contributed by atoms with Crippen molar-refractivity contribution in [2.75, 3.05) is 11.9 Å². The van der Waals surface area contributed by atoms with Crippen molar-refractivity contribution in [2.24, 2.45) is 5.92 Å². The van der Waals surface area contributed by atoms with Gasteiger partial charge >= 0.3 is 0 Å². The van der Waals surface area contributed by atoms with Gasteiger partial charge < -0.3 is 4.90 Å². The monoisotopic (exact) mass is 445 g/mol. The zero-order valence-electron chi connectivity index (χ0n) is 17.9. The summed E-state index contributed by atoms with van der Waals surface area (Å²) in [5.74, 6) is -0.401. The Hall–Kier alpha value is -3.52. The number of anilines is 1. The summed E-state index contributed by atoms with van der Waals surface area (Å²) < 4.78 is 1.74. The molecule has 3 heterocycles. The Kier molecular flexibility index (Phi) is 5.22. The second-order valence-corrected chi connectivity index (χ2v) is 8.98. The summed E-state index contributed by atoms with van der Waals surface area (Å²) in [6, 6.07) is 18.0. The molecule has 162 valence electrons. The lowest BCUT2D eigenvalue weighted by Crippen LogP contribution is -2.30. The molecule has 1 aliphatic heterocycles. The minimum Gasteiger partial charge on any atom is -0.335 e. The minimum atomic E-state index is -0.424. The van der Waals surface area contributed by atoms with E-state index < -0.39 is 5.92 Å². The number of benzene rings is 2. The molecular formula is C24H23N5O2S. The van der Waals surface area contributed by atoms with Gasteiger partial charge in [-0.05, 0) is 19.4 Å². The number of aromatic nitrogens is 3. The van der Waals surface area contributed by atoms with E-state index in [1.807, 2.05) is 61.7 Å². The molecule has 1 N–H and O–H groups in total. The lowest BCUT2D eigenvalue weighted by Gasteiger charge is -2.25. The highest BCUT2D eigenvalue weighted by Crippen LogP contribution is 2.30. The van der Waals surface area contributed by atoms with Crippen molar-refractivity contribution in [1.29, 1.82) is 0 Å². The molecule has 7 nitrogen and oxygen atoms in total.